The number of fused-ring (bicyclic) bond motifs is 1. The zero-order valence-corrected chi connectivity index (χ0v) is 16.1. The van der Waals surface area contributed by atoms with E-state index in [9.17, 15) is 13.6 Å². The molecule has 5 nitrogen and oxygen atoms in total. The molecular weight excluding hydrogens is 374 g/mol. The van der Waals surface area contributed by atoms with Crippen molar-refractivity contribution in [1.82, 2.24) is 14.8 Å². The molecule has 1 N–H and O–H groups in total. The first-order valence-corrected chi connectivity index (χ1v) is 9.04. The van der Waals surface area contributed by atoms with Crippen molar-refractivity contribution in [2.75, 3.05) is 5.32 Å². The fourth-order valence-electron chi connectivity index (χ4n) is 3.27. The van der Waals surface area contributed by atoms with Gasteiger partial charge in [-0.15, -0.1) is 0 Å². The predicted molar refractivity (Wildman–Crippen MR) is 107 cm³/mol. The first kappa shape index (κ1) is 18.7. The van der Waals surface area contributed by atoms with Crippen LogP contribution in [0.2, 0.25) is 0 Å². The zero-order valence-electron chi connectivity index (χ0n) is 16.1. The number of benzene rings is 2. The molecule has 2 aromatic heterocycles. The lowest BCUT2D eigenvalue weighted by atomic mass is 10.1. The normalized spacial score (nSPS) is 11.1. The summed E-state index contributed by atoms with van der Waals surface area (Å²) in [7, 11) is 0. The highest BCUT2D eigenvalue weighted by molar-refractivity contribution is 6.04. The standard InChI is InChI=1S/C22H18F2N4O/c1-12-5-4-6-16-13(2)9-19(25-21(12)16)28-20(10-14(3)27-28)26-22(29)17-11-15(23)7-8-18(17)24/h4-11H,1-3H3,(H,26,29). The molecule has 7 heteroatoms. The van der Waals surface area contributed by atoms with Crippen LogP contribution in [0, 0.1) is 32.4 Å². The molecule has 0 aliphatic carbocycles. The number of nitrogens with one attached hydrogen (secondary N) is 1. The van der Waals surface area contributed by atoms with Gasteiger partial charge in [-0.2, -0.15) is 9.78 Å². The lowest BCUT2D eigenvalue weighted by Crippen LogP contribution is -2.17. The number of hydrogen-bond acceptors (Lipinski definition) is 3. The molecule has 0 bridgehead atoms. The number of hydrogen-bond donors (Lipinski definition) is 1. The summed E-state index contributed by atoms with van der Waals surface area (Å²) >= 11 is 0. The number of aromatic nitrogens is 3. The van der Waals surface area contributed by atoms with Gasteiger partial charge in [0.15, 0.2) is 5.82 Å². The van der Waals surface area contributed by atoms with Gasteiger partial charge >= 0.3 is 0 Å². The van der Waals surface area contributed by atoms with Crippen molar-refractivity contribution in [1.29, 1.82) is 0 Å². The Morgan fingerprint density at radius 2 is 1.79 bits per heavy atom. The third-order valence-corrected chi connectivity index (χ3v) is 4.70. The minimum atomic E-state index is -0.804. The number of anilines is 1. The molecule has 4 rings (SSSR count). The van der Waals surface area contributed by atoms with Crippen LogP contribution in [-0.2, 0) is 0 Å². The highest BCUT2D eigenvalue weighted by Crippen LogP contribution is 2.25. The van der Waals surface area contributed by atoms with Crippen LogP contribution < -0.4 is 5.32 Å². The van der Waals surface area contributed by atoms with E-state index < -0.39 is 17.5 Å². The average Bonchev–Trinajstić information content (AvgIpc) is 3.04. The van der Waals surface area contributed by atoms with Crippen LogP contribution in [0.3, 0.4) is 0 Å². The van der Waals surface area contributed by atoms with E-state index in [4.69, 9.17) is 4.98 Å². The SMILES string of the molecule is Cc1cc(NC(=O)c2cc(F)ccc2F)n(-c2cc(C)c3cccc(C)c3n2)n1. The van der Waals surface area contributed by atoms with Crippen molar-refractivity contribution < 1.29 is 13.6 Å². The summed E-state index contributed by atoms with van der Waals surface area (Å²) in [4.78, 5) is 17.2. The number of pyridine rings is 1. The molecule has 29 heavy (non-hydrogen) atoms. The minimum absolute atomic E-state index is 0.316. The van der Waals surface area contributed by atoms with E-state index >= 15 is 0 Å². The van der Waals surface area contributed by atoms with Gasteiger partial charge in [-0.1, -0.05) is 18.2 Å². The van der Waals surface area contributed by atoms with Gasteiger partial charge in [0.05, 0.1) is 16.8 Å². The minimum Gasteiger partial charge on any atom is -0.306 e. The molecule has 146 valence electrons. The van der Waals surface area contributed by atoms with Crippen molar-refractivity contribution in [3.63, 3.8) is 0 Å². The lowest BCUT2D eigenvalue weighted by Gasteiger charge is -2.12. The monoisotopic (exact) mass is 392 g/mol. The fraction of sp³-hybridized carbons (Fsp3) is 0.136. The largest absolute Gasteiger partial charge is 0.306 e. The van der Waals surface area contributed by atoms with Crippen LogP contribution in [0.5, 0.6) is 0 Å². The fourth-order valence-corrected chi connectivity index (χ4v) is 3.27. The molecular formula is C22H18F2N4O. The quantitative estimate of drug-likeness (QED) is 0.541. The van der Waals surface area contributed by atoms with E-state index in [0.717, 1.165) is 40.2 Å². The molecule has 0 saturated carbocycles. The molecule has 0 radical (unpaired) electrons. The van der Waals surface area contributed by atoms with Crippen LogP contribution in [-0.4, -0.2) is 20.7 Å². The van der Waals surface area contributed by atoms with Crippen LogP contribution >= 0.6 is 0 Å². The van der Waals surface area contributed by atoms with E-state index in [-0.39, 0.29) is 5.56 Å². The van der Waals surface area contributed by atoms with E-state index in [1.807, 2.05) is 38.1 Å². The van der Waals surface area contributed by atoms with E-state index in [1.54, 1.807) is 13.0 Å². The highest BCUT2D eigenvalue weighted by atomic mass is 19.1. The van der Waals surface area contributed by atoms with Crippen LogP contribution in [0.1, 0.15) is 27.2 Å². The van der Waals surface area contributed by atoms with Gasteiger partial charge in [0.1, 0.15) is 17.5 Å². The van der Waals surface area contributed by atoms with Crippen LogP contribution in [0.25, 0.3) is 16.7 Å². The Hall–Kier alpha value is -3.61. The molecule has 0 fully saturated rings. The summed E-state index contributed by atoms with van der Waals surface area (Å²) in [6.45, 7) is 5.72. The van der Waals surface area contributed by atoms with Crippen LogP contribution in [0.15, 0.2) is 48.5 Å². The summed E-state index contributed by atoms with van der Waals surface area (Å²) in [5.41, 5.74) is 3.13. The molecule has 2 heterocycles. The first-order valence-electron chi connectivity index (χ1n) is 9.04. The van der Waals surface area contributed by atoms with Gasteiger partial charge < -0.3 is 5.32 Å². The number of rotatable bonds is 3. The molecule has 1 amide bonds. The number of para-hydroxylation sites is 1. The summed E-state index contributed by atoms with van der Waals surface area (Å²) in [6.07, 6.45) is 0. The van der Waals surface area contributed by atoms with Gasteiger partial charge in [0, 0.05) is 11.5 Å². The Bertz CT molecular complexity index is 1260. The second-order valence-electron chi connectivity index (χ2n) is 6.93. The second-order valence-corrected chi connectivity index (χ2v) is 6.93. The summed E-state index contributed by atoms with van der Waals surface area (Å²) in [5.74, 6) is -1.43. The smallest absolute Gasteiger partial charge is 0.259 e. The Kier molecular flexibility index (Phi) is 4.58. The topological polar surface area (TPSA) is 59.8 Å². The Balaban J connectivity index is 1.78. The molecule has 0 spiro atoms. The molecule has 0 atom stereocenters. The summed E-state index contributed by atoms with van der Waals surface area (Å²) in [6, 6.07) is 12.2. The second kappa shape index (κ2) is 7.09. The van der Waals surface area contributed by atoms with Crippen molar-refractivity contribution >= 4 is 22.6 Å². The number of carbonyl (C=O) groups excluding carboxylic acids is 1. The maximum Gasteiger partial charge on any atom is 0.259 e. The van der Waals surface area contributed by atoms with Crippen LogP contribution in [0.4, 0.5) is 14.6 Å². The van der Waals surface area contributed by atoms with Gasteiger partial charge in [0.2, 0.25) is 0 Å². The van der Waals surface area contributed by atoms with E-state index in [2.05, 4.69) is 10.4 Å². The first-order chi connectivity index (χ1) is 13.8. The summed E-state index contributed by atoms with van der Waals surface area (Å²) in [5, 5.41) is 8.06. The molecule has 2 aromatic carbocycles. The van der Waals surface area contributed by atoms with Crippen molar-refractivity contribution in [2.45, 2.75) is 20.8 Å². The van der Waals surface area contributed by atoms with E-state index in [0.29, 0.717) is 17.3 Å². The van der Waals surface area contributed by atoms with Crippen molar-refractivity contribution in [3.05, 3.63) is 82.5 Å². The number of halogens is 2. The predicted octanol–water partition coefficient (Wildman–Crippen LogP) is 4.88. The third kappa shape index (κ3) is 3.47. The average molecular weight is 392 g/mol. The van der Waals surface area contributed by atoms with Gasteiger partial charge in [-0.05, 0) is 56.2 Å². The molecule has 0 aliphatic rings. The Morgan fingerprint density at radius 1 is 1.00 bits per heavy atom. The third-order valence-electron chi connectivity index (χ3n) is 4.70. The lowest BCUT2D eigenvalue weighted by molar-refractivity contribution is 0.102. The maximum atomic E-state index is 14.0. The number of carbonyl (C=O) groups is 1. The molecule has 0 aliphatic heterocycles. The Labute approximate surface area is 166 Å². The number of amides is 1. The van der Waals surface area contributed by atoms with Crippen molar-refractivity contribution in [3.8, 4) is 5.82 Å². The maximum absolute atomic E-state index is 14.0. The highest BCUT2D eigenvalue weighted by Gasteiger charge is 2.17. The summed E-state index contributed by atoms with van der Waals surface area (Å²) < 4.78 is 28.9. The van der Waals surface area contributed by atoms with E-state index in [1.165, 1.54) is 4.68 Å². The van der Waals surface area contributed by atoms with Gasteiger partial charge in [0.25, 0.3) is 5.91 Å². The van der Waals surface area contributed by atoms with Gasteiger partial charge in [-0.3, -0.25) is 4.79 Å². The molecule has 0 saturated heterocycles. The Morgan fingerprint density at radius 3 is 2.59 bits per heavy atom. The van der Waals surface area contributed by atoms with Crippen molar-refractivity contribution in [2.24, 2.45) is 0 Å². The molecule has 4 aromatic rings. The van der Waals surface area contributed by atoms with Gasteiger partial charge in [-0.25, -0.2) is 13.8 Å². The number of aryl methyl sites for hydroxylation is 3. The number of nitrogens with zero attached hydrogens (tertiary/aromatic N) is 3. The molecule has 0 unspecified atom stereocenters. The zero-order chi connectivity index (χ0) is 20.7.